The van der Waals surface area contributed by atoms with Crippen LogP contribution in [0.5, 0.6) is 0 Å². The first-order valence-corrected chi connectivity index (χ1v) is 15.1. The summed E-state index contributed by atoms with van der Waals surface area (Å²) in [6.45, 7) is 2.82. The number of pyridine rings is 1. The van der Waals surface area contributed by atoms with Gasteiger partial charge in [0.05, 0.1) is 26.2 Å². The molecule has 0 bridgehead atoms. The molecule has 1 unspecified atom stereocenters. The monoisotopic (exact) mass is 601 g/mol. The first-order valence-electron chi connectivity index (χ1n) is 13.2. The van der Waals surface area contributed by atoms with Gasteiger partial charge >= 0.3 is 0 Å². The molecule has 12 heteroatoms. The van der Waals surface area contributed by atoms with Crippen molar-refractivity contribution in [3.8, 4) is 21.7 Å². The van der Waals surface area contributed by atoms with Crippen molar-refractivity contribution in [2.75, 3.05) is 50.4 Å². The van der Waals surface area contributed by atoms with Crippen LogP contribution in [0, 0.1) is 17.5 Å². The molecule has 0 spiro atoms. The summed E-state index contributed by atoms with van der Waals surface area (Å²) in [5.41, 5.74) is 1.37. The number of ether oxygens (including phenoxy) is 1. The van der Waals surface area contributed by atoms with E-state index >= 15 is 4.39 Å². The fourth-order valence-electron chi connectivity index (χ4n) is 4.48. The van der Waals surface area contributed by atoms with Crippen molar-refractivity contribution in [3.63, 3.8) is 0 Å². The highest BCUT2D eigenvalue weighted by molar-refractivity contribution is 7.86. The van der Waals surface area contributed by atoms with E-state index in [4.69, 9.17) is 9.72 Å². The third-order valence-corrected chi connectivity index (χ3v) is 9.04. The molecule has 2 N–H and O–H groups in total. The SMILES string of the molecule is CN(C)CCNc1cc(-c2sc(C3CCOCC3)nc2-c2cccc(NS(=O)c3cc(F)ccc3F)c2F)ccn1. The lowest BCUT2D eigenvalue weighted by Crippen LogP contribution is -2.21. The molecule has 216 valence electrons. The first-order chi connectivity index (χ1) is 19.8. The lowest BCUT2D eigenvalue weighted by atomic mass is 10.0. The standard InChI is InChI=1S/C29H30F3N5O2S2/c1-37(2)13-12-34-25-16-19(8-11-33-25)28-27(35-29(40-28)18-9-14-39-15-10-18)21-4-3-5-23(26(21)32)36-41(38)24-17-20(30)6-7-22(24)31/h3-8,11,16-18,36H,9-10,12-15H2,1-2H3,(H,33,34). The maximum Gasteiger partial charge on any atom is 0.156 e. The highest BCUT2D eigenvalue weighted by Crippen LogP contribution is 2.43. The summed E-state index contributed by atoms with van der Waals surface area (Å²) in [5, 5.41) is 4.21. The quantitative estimate of drug-likeness (QED) is 0.222. The minimum Gasteiger partial charge on any atom is -0.381 e. The molecule has 1 fully saturated rings. The fourth-order valence-corrected chi connectivity index (χ4v) is 6.66. The number of halogens is 3. The zero-order valence-corrected chi connectivity index (χ0v) is 24.3. The smallest absolute Gasteiger partial charge is 0.156 e. The van der Waals surface area contributed by atoms with Gasteiger partial charge in [0.25, 0.3) is 0 Å². The maximum absolute atomic E-state index is 16.0. The number of benzene rings is 2. The average Bonchev–Trinajstić information content (AvgIpc) is 3.41. The minimum atomic E-state index is -2.24. The third-order valence-electron chi connectivity index (χ3n) is 6.65. The van der Waals surface area contributed by atoms with Crippen molar-refractivity contribution >= 4 is 33.8 Å². The van der Waals surface area contributed by atoms with E-state index in [1.54, 1.807) is 18.3 Å². The molecule has 2 aromatic carbocycles. The van der Waals surface area contributed by atoms with E-state index in [2.05, 4.69) is 19.9 Å². The van der Waals surface area contributed by atoms with E-state index in [1.165, 1.54) is 17.4 Å². The molecule has 7 nitrogen and oxygen atoms in total. The third kappa shape index (κ3) is 6.95. The largest absolute Gasteiger partial charge is 0.381 e. The predicted molar refractivity (Wildman–Crippen MR) is 157 cm³/mol. The number of nitrogens with zero attached hydrogens (tertiary/aromatic N) is 3. The van der Waals surface area contributed by atoms with Crippen LogP contribution in [0.1, 0.15) is 23.8 Å². The second kappa shape index (κ2) is 13.1. The number of rotatable bonds is 10. The van der Waals surface area contributed by atoms with Gasteiger partial charge in [-0.3, -0.25) is 4.72 Å². The van der Waals surface area contributed by atoms with Crippen molar-refractivity contribution in [2.45, 2.75) is 23.7 Å². The Kier molecular flexibility index (Phi) is 9.33. The number of thiazole rings is 1. The number of aromatic nitrogens is 2. The Bertz CT molecular complexity index is 1540. The van der Waals surface area contributed by atoms with Crippen LogP contribution in [0.25, 0.3) is 21.7 Å². The van der Waals surface area contributed by atoms with Gasteiger partial charge in [-0.25, -0.2) is 27.3 Å². The Balaban J connectivity index is 1.52. The molecule has 4 aromatic rings. The molecule has 2 aromatic heterocycles. The number of likely N-dealkylation sites (N-methyl/N-ethyl adjacent to an activating group) is 1. The molecule has 0 saturated carbocycles. The van der Waals surface area contributed by atoms with Crippen molar-refractivity contribution in [2.24, 2.45) is 0 Å². The van der Waals surface area contributed by atoms with E-state index in [1.807, 2.05) is 26.2 Å². The maximum atomic E-state index is 16.0. The zero-order valence-electron chi connectivity index (χ0n) is 22.6. The van der Waals surface area contributed by atoms with Gasteiger partial charge in [-0.05, 0) is 75.0 Å². The summed E-state index contributed by atoms with van der Waals surface area (Å²) < 4.78 is 64.8. The highest BCUT2D eigenvalue weighted by atomic mass is 32.2. The lowest BCUT2D eigenvalue weighted by Gasteiger charge is -2.19. The normalized spacial score (nSPS) is 14.8. The van der Waals surface area contributed by atoms with Crippen LogP contribution in [0.2, 0.25) is 0 Å². The summed E-state index contributed by atoms with van der Waals surface area (Å²) in [7, 11) is 1.75. The minimum absolute atomic E-state index is 0.114. The van der Waals surface area contributed by atoms with Crippen LogP contribution in [-0.2, 0) is 15.7 Å². The van der Waals surface area contributed by atoms with Crippen LogP contribution in [-0.4, -0.2) is 59.5 Å². The molecule has 1 aliphatic rings. The van der Waals surface area contributed by atoms with Gasteiger partial charge < -0.3 is 15.0 Å². The van der Waals surface area contributed by atoms with Gasteiger partial charge in [-0.2, -0.15) is 0 Å². The number of hydrogen-bond donors (Lipinski definition) is 2. The topological polar surface area (TPSA) is 79.4 Å². The van der Waals surface area contributed by atoms with Crippen LogP contribution >= 0.6 is 11.3 Å². The molecule has 0 aliphatic carbocycles. The summed E-state index contributed by atoms with van der Waals surface area (Å²) in [6, 6.07) is 11.0. The van der Waals surface area contributed by atoms with Gasteiger partial charge in [0.2, 0.25) is 0 Å². The van der Waals surface area contributed by atoms with Crippen molar-refractivity contribution < 1.29 is 22.1 Å². The Morgan fingerprint density at radius 2 is 1.90 bits per heavy atom. The van der Waals surface area contributed by atoms with E-state index < -0.39 is 33.3 Å². The van der Waals surface area contributed by atoms with E-state index in [0.717, 1.165) is 53.0 Å². The molecule has 3 heterocycles. The second-order valence-corrected chi connectivity index (χ2v) is 12.1. The molecule has 41 heavy (non-hydrogen) atoms. The lowest BCUT2D eigenvalue weighted by molar-refractivity contribution is 0.0853. The van der Waals surface area contributed by atoms with Gasteiger partial charge in [-0.15, -0.1) is 11.3 Å². The summed E-state index contributed by atoms with van der Waals surface area (Å²) in [4.78, 5) is 11.8. The summed E-state index contributed by atoms with van der Waals surface area (Å²) in [6.07, 6.45) is 3.35. The predicted octanol–water partition coefficient (Wildman–Crippen LogP) is 6.29. The molecule has 5 rings (SSSR count). The van der Waals surface area contributed by atoms with Crippen molar-refractivity contribution in [1.29, 1.82) is 0 Å². The van der Waals surface area contributed by atoms with Crippen LogP contribution in [0.4, 0.5) is 24.7 Å². The van der Waals surface area contributed by atoms with E-state index in [-0.39, 0.29) is 17.2 Å². The molecule has 1 atom stereocenters. The van der Waals surface area contributed by atoms with Gasteiger partial charge in [0.1, 0.15) is 17.5 Å². The van der Waals surface area contributed by atoms with Gasteiger partial charge in [0, 0.05) is 44.0 Å². The Morgan fingerprint density at radius 3 is 2.68 bits per heavy atom. The second-order valence-electron chi connectivity index (χ2n) is 9.89. The van der Waals surface area contributed by atoms with Crippen molar-refractivity contribution in [3.05, 3.63) is 77.2 Å². The Morgan fingerprint density at radius 1 is 1.10 bits per heavy atom. The number of hydrogen-bond acceptors (Lipinski definition) is 7. The van der Waals surface area contributed by atoms with Crippen LogP contribution in [0.15, 0.2) is 59.6 Å². The van der Waals surface area contributed by atoms with E-state index in [0.29, 0.717) is 31.3 Å². The molecule has 0 amide bonds. The zero-order chi connectivity index (χ0) is 28.9. The fraction of sp³-hybridized carbons (Fsp3) is 0.310. The summed E-state index contributed by atoms with van der Waals surface area (Å²) >= 11 is 1.51. The van der Waals surface area contributed by atoms with Crippen LogP contribution in [0.3, 0.4) is 0 Å². The molecule has 1 saturated heterocycles. The Labute approximate surface area is 243 Å². The van der Waals surface area contributed by atoms with Gasteiger partial charge in [0.15, 0.2) is 16.8 Å². The first kappa shape index (κ1) is 29.2. The molecular weight excluding hydrogens is 571 g/mol. The molecule has 1 aliphatic heterocycles. The summed E-state index contributed by atoms with van der Waals surface area (Å²) in [5.74, 6) is -1.41. The average molecular weight is 602 g/mol. The Hall–Kier alpha value is -3.32. The number of nitrogens with one attached hydrogen (secondary N) is 2. The van der Waals surface area contributed by atoms with Gasteiger partial charge in [-0.1, -0.05) is 6.07 Å². The van der Waals surface area contributed by atoms with Crippen molar-refractivity contribution in [1.82, 2.24) is 14.9 Å². The highest BCUT2D eigenvalue weighted by Gasteiger charge is 2.26. The molecular formula is C29H30F3N5O2S2. The number of anilines is 2. The van der Waals surface area contributed by atoms with E-state index in [9.17, 15) is 13.0 Å². The van der Waals surface area contributed by atoms with Crippen LogP contribution < -0.4 is 10.0 Å². The molecule has 0 radical (unpaired) electrons.